The van der Waals surface area contributed by atoms with Gasteiger partial charge in [-0.25, -0.2) is 5.43 Å². The van der Waals surface area contributed by atoms with Crippen LogP contribution in [0.25, 0.3) is 0 Å². The maximum atomic E-state index is 12.4. The number of nitrogens with one attached hydrogen (secondary N) is 2. The molecule has 29 heavy (non-hydrogen) atoms. The van der Waals surface area contributed by atoms with E-state index in [1.54, 1.807) is 6.21 Å². The van der Waals surface area contributed by atoms with Gasteiger partial charge in [0.05, 0.1) is 6.21 Å². The molecule has 0 fully saturated rings. The number of rotatable bonds is 9. The molecule has 2 N–H and O–H groups in total. The molecule has 0 aromatic heterocycles. The molecular formula is C24H25N3O2. The van der Waals surface area contributed by atoms with Crippen molar-refractivity contribution in [1.82, 2.24) is 5.43 Å². The second kappa shape index (κ2) is 10.7. The topological polar surface area (TPSA) is 62.7 Å². The summed E-state index contributed by atoms with van der Waals surface area (Å²) in [6, 6.07) is 26.9. The van der Waals surface area contributed by atoms with Crippen LogP contribution in [0.15, 0.2) is 90.0 Å². The molecule has 0 aliphatic heterocycles. The average molecular weight is 387 g/mol. The van der Waals surface area contributed by atoms with Gasteiger partial charge < -0.3 is 10.1 Å². The van der Waals surface area contributed by atoms with Crippen LogP contribution in [0.1, 0.15) is 24.5 Å². The standard InChI is InChI=1S/C24H25N3O2/c1-2-22(26-21-14-7-4-8-15-21)24(28)27-25-17-20-13-9-10-16-23(20)29-18-19-11-5-3-6-12-19/h3-17,22,26H,2,18H2,1H3,(H,27,28). The lowest BCUT2D eigenvalue weighted by Crippen LogP contribution is -2.36. The first-order valence-corrected chi connectivity index (χ1v) is 9.66. The van der Waals surface area contributed by atoms with Crippen LogP contribution in [0.4, 0.5) is 5.69 Å². The van der Waals surface area contributed by atoms with Crippen molar-refractivity contribution in [3.63, 3.8) is 0 Å². The Morgan fingerprint density at radius 1 is 0.966 bits per heavy atom. The van der Waals surface area contributed by atoms with Crippen LogP contribution in [0.2, 0.25) is 0 Å². The van der Waals surface area contributed by atoms with Gasteiger partial charge in [-0.05, 0) is 36.2 Å². The molecule has 148 valence electrons. The summed E-state index contributed by atoms with van der Waals surface area (Å²) in [6.45, 7) is 2.42. The maximum Gasteiger partial charge on any atom is 0.262 e. The molecule has 5 nitrogen and oxygen atoms in total. The lowest BCUT2D eigenvalue weighted by molar-refractivity contribution is -0.121. The lowest BCUT2D eigenvalue weighted by atomic mass is 10.2. The highest BCUT2D eigenvalue weighted by Crippen LogP contribution is 2.17. The fraction of sp³-hybridized carbons (Fsp3) is 0.167. The largest absolute Gasteiger partial charge is 0.488 e. The van der Waals surface area contributed by atoms with Crippen molar-refractivity contribution in [2.75, 3.05) is 5.32 Å². The van der Waals surface area contributed by atoms with Crippen LogP contribution in [-0.2, 0) is 11.4 Å². The number of anilines is 1. The number of benzene rings is 3. The van der Waals surface area contributed by atoms with Crippen LogP contribution < -0.4 is 15.5 Å². The first-order chi connectivity index (χ1) is 14.3. The molecule has 3 aromatic carbocycles. The van der Waals surface area contributed by atoms with Gasteiger partial charge in [-0.3, -0.25) is 4.79 Å². The Labute approximate surface area is 171 Å². The summed E-state index contributed by atoms with van der Waals surface area (Å²) in [6.07, 6.45) is 2.25. The molecule has 0 aliphatic rings. The van der Waals surface area contributed by atoms with Crippen molar-refractivity contribution in [3.05, 3.63) is 96.1 Å². The summed E-state index contributed by atoms with van der Waals surface area (Å²) < 4.78 is 5.91. The van der Waals surface area contributed by atoms with Gasteiger partial charge in [0.25, 0.3) is 5.91 Å². The molecule has 1 atom stereocenters. The molecule has 0 bridgehead atoms. The number of carbonyl (C=O) groups is 1. The number of para-hydroxylation sites is 2. The van der Waals surface area contributed by atoms with Gasteiger partial charge in [0.15, 0.2) is 0 Å². The van der Waals surface area contributed by atoms with Crippen molar-refractivity contribution in [1.29, 1.82) is 0 Å². The minimum absolute atomic E-state index is 0.185. The highest BCUT2D eigenvalue weighted by Gasteiger charge is 2.15. The molecular weight excluding hydrogens is 362 g/mol. The number of nitrogens with zero attached hydrogens (tertiary/aromatic N) is 1. The Morgan fingerprint density at radius 3 is 2.34 bits per heavy atom. The van der Waals surface area contributed by atoms with Gasteiger partial charge in [-0.1, -0.05) is 67.6 Å². The first kappa shape index (κ1) is 20.1. The zero-order valence-corrected chi connectivity index (χ0v) is 16.4. The van der Waals surface area contributed by atoms with Gasteiger partial charge in [0.1, 0.15) is 18.4 Å². The van der Waals surface area contributed by atoms with Crippen molar-refractivity contribution in [2.45, 2.75) is 26.0 Å². The predicted molar refractivity (Wildman–Crippen MR) is 117 cm³/mol. The van der Waals surface area contributed by atoms with E-state index in [0.717, 1.165) is 16.8 Å². The second-order valence-electron chi connectivity index (χ2n) is 6.52. The summed E-state index contributed by atoms with van der Waals surface area (Å²) in [5.74, 6) is 0.527. The Balaban J connectivity index is 1.58. The van der Waals surface area contributed by atoms with E-state index < -0.39 is 0 Å². The summed E-state index contributed by atoms with van der Waals surface area (Å²) in [4.78, 5) is 12.4. The van der Waals surface area contributed by atoms with E-state index in [1.807, 2.05) is 91.9 Å². The molecule has 0 aliphatic carbocycles. The maximum absolute atomic E-state index is 12.4. The third-order valence-electron chi connectivity index (χ3n) is 4.37. The minimum Gasteiger partial charge on any atom is -0.488 e. The predicted octanol–water partition coefficient (Wildman–Crippen LogP) is 4.61. The van der Waals surface area contributed by atoms with Gasteiger partial charge in [-0.2, -0.15) is 5.10 Å². The Bertz CT molecular complexity index is 927. The summed E-state index contributed by atoms with van der Waals surface area (Å²) >= 11 is 0. The van der Waals surface area contributed by atoms with E-state index in [2.05, 4.69) is 15.8 Å². The van der Waals surface area contributed by atoms with Crippen LogP contribution in [0, 0.1) is 0 Å². The number of carbonyl (C=O) groups excluding carboxylic acids is 1. The molecule has 0 radical (unpaired) electrons. The molecule has 5 heteroatoms. The molecule has 1 amide bonds. The van der Waals surface area contributed by atoms with Crippen LogP contribution in [0.3, 0.4) is 0 Å². The molecule has 0 heterocycles. The van der Waals surface area contributed by atoms with Crippen LogP contribution in [0.5, 0.6) is 5.75 Å². The molecule has 3 rings (SSSR count). The normalized spacial score (nSPS) is 11.8. The van der Waals surface area contributed by atoms with E-state index in [9.17, 15) is 4.79 Å². The zero-order valence-electron chi connectivity index (χ0n) is 16.4. The summed E-state index contributed by atoms with van der Waals surface area (Å²) in [5.41, 5.74) is 5.40. The van der Waals surface area contributed by atoms with E-state index in [4.69, 9.17) is 4.74 Å². The summed E-state index contributed by atoms with van der Waals surface area (Å²) in [7, 11) is 0. The average Bonchev–Trinajstić information content (AvgIpc) is 2.78. The number of amides is 1. The van der Waals surface area contributed by atoms with Gasteiger partial charge in [0.2, 0.25) is 0 Å². The highest BCUT2D eigenvalue weighted by molar-refractivity contribution is 5.87. The minimum atomic E-state index is -0.362. The number of hydrazone groups is 1. The molecule has 1 unspecified atom stereocenters. The fourth-order valence-electron chi connectivity index (χ4n) is 2.79. The third-order valence-corrected chi connectivity index (χ3v) is 4.37. The van der Waals surface area contributed by atoms with E-state index in [1.165, 1.54) is 0 Å². The number of ether oxygens (including phenoxy) is 1. The molecule has 3 aromatic rings. The van der Waals surface area contributed by atoms with Crippen molar-refractivity contribution >= 4 is 17.8 Å². The van der Waals surface area contributed by atoms with Gasteiger partial charge in [0, 0.05) is 11.3 Å². The lowest BCUT2D eigenvalue weighted by Gasteiger charge is -2.16. The van der Waals surface area contributed by atoms with E-state index >= 15 is 0 Å². The Kier molecular flexibility index (Phi) is 7.41. The third kappa shape index (κ3) is 6.21. The molecule has 0 saturated carbocycles. The van der Waals surface area contributed by atoms with Crippen molar-refractivity contribution < 1.29 is 9.53 Å². The Hall–Kier alpha value is -3.60. The fourth-order valence-corrected chi connectivity index (χ4v) is 2.79. The molecule has 0 spiro atoms. The first-order valence-electron chi connectivity index (χ1n) is 9.66. The van der Waals surface area contributed by atoms with E-state index in [0.29, 0.717) is 18.8 Å². The van der Waals surface area contributed by atoms with Gasteiger partial charge in [-0.15, -0.1) is 0 Å². The smallest absolute Gasteiger partial charge is 0.262 e. The van der Waals surface area contributed by atoms with Gasteiger partial charge >= 0.3 is 0 Å². The zero-order chi connectivity index (χ0) is 20.3. The van der Waals surface area contributed by atoms with E-state index in [-0.39, 0.29) is 11.9 Å². The van der Waals surface area contributed by atoms with Crippen molar-refractivity contribution in [2.24, 2.45) is 5.10 Å². The monoisotopic (exact) mass is 387 g/mol. The quantitative estimate of drug-likeness (QED) is 0.416. The van der Waals surface area contributed by atoms with Crippen LogP contribution >= 0.6 is 0 Å². The summed E-state index contributed by atoms with van der Waals surface area (Å²) in [5, 5.41) is 7.34. The van der Waals surface area contributed by atoms with Crippen LogP contribution in [-0.4, -0.2) is 18.2 Å². The SMILES string of the molecule is CCC(Nc1ccccc1)C(=O)NN=Cc1ccccc1OCc1ccccc1. The number of hydrogen-bond acceptors (Lipinski definition) is 4. The van der Waals surface area contributed by atoms with Crippen molar-refractivity contribution in [3.8, 4) is 5.75 Å². The highest BCUT2D eigenvalue weighted by atomic mass is 16.5. The Morgan fingerprint density at radius 2 is 1.62 bits per heavy atom. The molecule has 0 saturated heterocycles. The second-order valence-corrected chi connectivity index (χ2v) is 6.52. The number of hydrogen-bond donors (Lipinski definition) is 2.